The maximum Gasteiger partial charge on any atom is 0.311 e. The molecule has 3 N–H and O–H groups in total. The van der Waals surface area contributed by atoms with Crippen LogP contribution in [0.3, 0.4) is 0 Å². The molecule has 1 fully saturated rings. The van der Waals surface area contributed by atoms with E-state index in [0.29, 0.717) is 0 Å². The minimum atomic E-state index is -0.923. The lowest BCUT2D eigenvalue weighted by atomic mass is 9.99. The Morgan fingerprint density at radius 3 is 2.81 bits per heavy atom. The van der Waals surface area contributed by atoms with Gasteiger partial charge in [-0.3, -0.25) is 19.2 Å². The van der Waals surface area contributed by atoms with Crippen LogP contribution >= 0.6 is 34.3 Å². The highest BCUT2D eigenvalue weighted by Gasteiger charge is 2.42. The van der Waals surface area contributed by atoms with Crippen molar-refractivity contribution in [2.24, 2.45) is 5.16 Å². The molecule has 0 saturated carbocycles. The Labute approximate surface area is 195 Å². The van der Waals surface area contributed by atoms with Crippen molar-refractivity contribution in [3.05, 3.63) is 33.5 Å². The van der Waals surface area contributed by atoms with Gasteiger partial charge in [-0.15, -0.1) is 34.3 Å². The summed E-state index contributed by atoms with van der Waals surface area (Å²) in [4.78, 5) is 57.7. The highest BCUT2D eigenvalue weighted by molar-refractivity contribution is 7.14. The van der Waals surface area contributed by atoms with Crippen molar-refractivity contribution in [3.63, 3.8) is 0 Å². The van der Waals surface area contributed by atoms with Crippen molar-refractivity contribution in [3.8, 4) is 0 Å². The molecule has 3 amide bonds. The minimum absolute atomic E-state index is 0.0943. The second-order valence-corrected chi connectivity index (χ2v) is 8.51. The zero-order valence-corrected chi connectivity index (χ0v) is 19.0. The maximum absolute atomic E-state index is 12.7. The van der Waals surface area contributed by atoms with Crippen LogP contribution in [0, 0.1) is 0 Å². The Balaban J connectivity index is 1.58. The first-order valence-electron chi connectivity index (χ1n) is 9.13. The second-order valence-electron chi connectivity index (χ2n) is 6.35. The quantitative estimate of drug-likeness (QED) is 0.142. The first-order chi connectivity index (χ1) is 15.4. The molecule has 0 radical (unpaired) electrons. The summed E-state index contributed by atoms with van der Waals surface area (Å²) >= 11 is 7.95. The van der Waals surface area contributed by atoms with Crippen LogP contribution in [-0.4, -0.2) is 66.1 Å². The topological polar surface area (TPSA) is 148 Å². The van der Waals surface area contributed by atoms with Gasteiger partial charge in [-0.25, -0.2) is 4.98 Å². The molecule has 14 heteroatoms. The number of hydrogen-bond acceptors (Lipinski definition) is 10. The van der Waals surface area contributed by atoms with Crippen LogP contribution < -0.4 is 16.0 Å². The molecule has 0 aromatic carbocycles. The molecule has 0 unspecified atom stereocenters. The van der Waals surface area contributed by atoms with E-state index < -0.39 is 35.8 Å². The Morgan fingerprint density at radius 2 is 2.16 bits per heavy atom. The third kappa shape index (κ3) is 6.02. The summed E-state index contributed by atoms with van der Waals surface area (Å²) in [6.07, 6.45) is 0.131. The average Bonchev–Trinajstić information content (AvgIpc) is 3.45. The van der Waals surface area contributed by atoms with Gasteiger partial charge in [0.25, 0.3) is 5.91 Å². The fourth-order valence-electron chi connectivity index (χ4n) is 2.63. The number of hydrogen-bond donors (Lipinski definition) is 3. The van der Waals surface area contributed by atoms with Crippen LogP contribution in [0.15, 0.2) is 28.0 Å². The number of rotatable bonds is 10. The largest absolute Gasteiger partial charge is 0.463 e. The zero-order valence-electron chi connectivity index (χ0n) is 16.6. The number of thiazole rings is 1. The van der Waals surface area contributed by atoms with E-state index in [-0.39, 0.29) is 35.4 Å². The van der Waals surface area contributed by atoms with Crippen LogP contribution in [0.1, 0.15) is 10.6 Å². The summed E-state index contributed by atoms with van der Waals surface area (Å²) in [6.45, 7) is -0.0943. The van der Waals surface area contributed by atoms with Crippen molar-refractivity contribution in [1.82, 2.24) is 15.6 Å². The zero-order chi connectivity index (χ0) is 23.1. The van der Waals surface area contributed by atoms with Crippen molar-refractivity contribution in [2.75, 3.05) is 24.9 Å². The Bertz CT molecular complexity index is 1020. The number of oxime groups is 1. The molecule has 32 heavy (non-hydrogen) atoms. The van der Waals surface area contributed by atoms with Gasteiger partial charge in [-0.05, 0) is 11.4 Å². The summed E-state index contributed by atoms with van der Waals surface area (Å²) in [5.74, 6) is -2.28. The van der Waals surface area contributed by atoms with E-state index in [1.54, 1.807) is 0 Å². The number of nitrogens with zero attached hydrogens (tertiary/aromatic N) is 2. The molecule has 1 aliphatic heterocycles. The monoisotopic (exact) mass is 499 g/mol. The van der Waals surface area contributed by atoms with Gasteiger partial charge in [0.15, 0.2) is 10.8 Å². The fourth-order valence-corrected chi connectivity index (χ4v) is 4.10. The van der Waals surface area contributed by atoms with E-state index in [9.17, 15) is 19.2 Å². The van der Waals surface area contributed by atoms with Gasteiger partial charge >= 0.3 is 5.97 Å². The second kappa shape index (κ2) is 11.0. The van der Waals surface area contributed by atoms with E-state index in [1.807, 2.05) is 17.5 Å². The molecule has 2 aromatic rings. The summed E-state index contributed by atoms with van der Waals surface area (Å²) in [7, 11) is 1.25. The third-order valence-electron chi connectivity index (χ3n) is 4.13. The highest BCUT2D eigenvalue weighted by atomic mass is 35.5. The third-order valence-corrected chi connectivity index (χ3v) is 6.01. The molecule has 0 bridgehead atoms. The fraction of sp³-hybridized carbons (Fsp3) is 0.333. The van der Waals surface area contributed by atoms with Gasteiger partial charge in [0.1, 0.15) is 31.3 Å². The van der Waals surface area contributed by atoms with E-state index in [1.165, 1.54) is 23.8 Å². The van der Waals surface area contributed by atoms with Gasteiger partial charge in [-0.1, -0.05) is 11.2 Å². The van der Waals surface area contributed by atoms with Crippen molar-refractivity contribution < 1.29 is 28.8 Å². The molecule has 3 heterocycles. The molecule has 2 atom stereocenters. The number of alkyl halides is 1. The molecular formula is C18H18ClN5O6S2. The maximum atomic E-state index is 12.7. The number of aromatic nitrogens is 1. The lowest BCUT2D eigenvalue weighted by Gasteiger charge is -2.36. The number of β-lactam (4-membered cyclic amide) rings is 1. The van der Waals surface area contributed by atoms with Gasteiger partial charge in [0, 0.05) is 10.3 Å². The number of anilines is 1. The standard InChI is InChI=1S/C18H18ClN5O6S2/c1-29-24-15(11-8-32-18(21-11)22-12(25)6-19)17(28)23-14-10(20-16(14)27)7-30-13(26)5-9-3-2-4-31-9/h2-4,8,10,14H,5-7H2,1H3,(H,20,27)(H,23,28)(H,21,22,25)/b24-15-/t10-,14+/m0/s1. The SMILES string of the molecule is CO/N=C(\C(=O)N[C@H]1C(=O)N[C@H]1COC(=O)Cc1cccs1)c1csc(NC(=O)CCl)n1. The molecule has 1 aliphatic rings. The Morgan fingerprint density at radius 1 is 1.34 bits per heavy atom. The lowest BCUT2D eigenvalue weighted by molar-refractivity contribution is -0.148. The number of carbonyl (C=O) groups excluding carboxylic acids is 4. The first kappa shape index (κ1) is 23.6. The van der Waals surface area contributed by atoms with Gasteiger partial charge < -0.3 is 25.5 Å². The van der Waals surface area contributed by atoms with Crippen LogP contribution in [0.2, 0.25) is 0 Å². The van der Waals surface area contributed by atoms with Crippen LogP contribution in [0.5, 0.6) is 0 Å². The number of ether oxygens (including phenoxy) is 1. The van der Waals surface area contributed by atoms with Crippen molar-refractivity contribution in [1.29, 1.82) is 0 Å². The molecule has 2 aromatic heterocycles. The van der Waals surface area contributed by atoms with Crippen molar-refractivity contribution >= 4 is 68.8 Å². The summed E-state index contributed by atoms with van der Waals surface area (Å²) in [5, 5.41) is 14.8. The summed E-state index contributed by atoms with van der Waals surface area (Å²) in [6, 6.07) is 2.15. The molecule has 170 valence electrons. The molecule has 0 aliphatic carbocycles. The Kier molecular flexibility index (Phi) is 8.14. The summed E-state index contributed by atoms with van der Waals surface area (Å²) < 4.78 is 5.21. The predicted octanol–water partition coefficient (Wildman–Crippen LogP) is 0.502. The molecule has 11 nitrogen and oxygen atoms in total. The Hall–Kier alpha value is -3.03. The molecule has 3 rings (SSSR count). The normalized spacial score (nSPS) is 17.7. The number of carbonyl (C=O) groups is 4. The molecule has 1 saturated heterocycles. The molecule has 0 spiro atoms. The predicted molar refractivity (Wildman–Crippen MR) is 118 cm³/mol. The minimum Gasteiger partial charge on any atom is -0.463 e. The van der Waals surface area contributed by atoms with Crippen LogP contribution in [0.4, 0.5) is 5.13 Å². The number of amides is 3. The number of esters is 1. The van der Waals surface area contributed by atoms with E-state index in [2.05, 4.69) is 26.1 Å². The number of halogens is 1. The highest BCUT2D eigenvalue weighted by Crippen LogP contribution is 2.17. The van der Waals surface area contributed by atoms with E-state index >= 15 is 0 Å². The lowest BCUT2D eigenvalue weighted by Crippen LogP contribution is -2.71. The number of nitrogens with one attached hydrogen (secondary N) is 3. The van der Waals surface area contributed by atoms with Gasteiger partial charge in [-0.2, -0.15) is 0 Å². The van der Waals surface area contributed by atoms with Gasteiger partial charge in [0.05, 0.1) is 12.5 Å². The van der Waals surface area contributed by atoms with Crippen molar-refractivity contribution in [2.45, 2.75) is 18.5 Å². The van der Waals surface area contributed by atoms with E-state index in [0.717, 1.165) is 16.2 Å². The van der Waals surface area contributed by atoms with E-state index in [4.69, 9.17) is 21.2 Å². The van der Waals surface area contributed by atoms with Gasteiger partial charge in [0.2, 0.25) is 11.8 Å². The molecular weight excluding hydrogens is 482 g/mol. The smallest absolute Gasteiger partial charge is 0.311 e. The van der Waals surface area contributed by atoms with Crippen LogP contribution in [0.25, 0.3) is 0 Å². The van der Waals surface area contributed by atoms with Crippen LogP contribution in [-0.2, 0) is 35.2 Å². The summed E-state index contributed by atoms with van der Waals surface area (Å²) in [5.41, 5.74) is -0.0545. The first-order valence-corrected chi connectivity index (χ1v) is 11.4. The number of thiophene rings is 1. The average molecular weight is 500 g/mol.